The lowest BCUT2D eigenvalue weighted by molar-refractivity contribution is -0.120. The van der Waals surface area contributed by atoms with Crippen LogP contribution < -0.4 is 10.1 Å². The van der Waals surface area contributed by atoms with Crippen LogP contribution in [0.2, 0.25) is 0 Å². The summed E-state index contributed by atoms with van der Waals surface area (Å²) in [4.78, 5) is 13.3. The molecule has 1 amide bonds. The summed E-state index contributed by atoms with van der Waals surface area (Å²) in [6, 6.07) is 18.2. The van der Waals surface area contributed by atoms with Gasteiger partial charge in [-0.05, 0) is 49.9 Å². The Morgan fingerprint density at radius 2 is 1.84 bits per heavy atom. The fourth-order valence-electron chi connectivity index (χ4n) is 2.45. The van der Waals surface area contributed by atoms with E-state index in [1.54, 1.807) is 11.8 Å². The maximum absolute atomic E-state index is 12.2. The molecule has 0 heterocycles. The zero-order valence-electron chi connectivity index (χ0n) is 15.0. The van der Waals surface area contributed by atoms with Gasteiger partial charge in [0.1, 0.15) is 5.75 Å². The van der Waals surface area contributed by atoms with Crippen LogP contribution in [0, 0.1) is 0 Å². The molecule has 3 nitrogen and oxygen atoms in total. The first-order valence-corrected chi connectivity index (χ1v) is 9.78. The second-order valence-corrected chi connectivity index (χ2v) is 7.34. The number of nitrogens with one attached hydrogen (secondary N) is 1. The van der Waals surface area contributed by atoms with E-state index in [2.05, 4.69) is 18.3 Å². The van der Waals surface area contributed by atoms with Gasteiger partial charge in [0.15, 0.2) is 0 Å². The lowest BCUT2D eigenvalue weighted by Crippen LogP contribution is -2.31. The summed E-state index contributed by atoms with van der Waals surface area (Å²) >= 11 is 1.59. The molecule has 2 aromatic rings. The van der Waals surface area contributed by atoms with Gasteiger partial charge in [0, 0.05) is 11.4 Å². The van der Waals surface area contributed by atoms with Crippen molar-refractivity contribution in [1.29, 1.82) is 0 Å². The first kappa shape index (κ1) is 19.4. The van der Waals surface area contributed by atoms with Crippen LogP contribution in [0.1, 0.15) is 32.3 Å². The third-order valence-corrected chi connectivity index (χ3v) is 4.89. The van der Waals surface area contributed by atoms with Crippen molar-refractivity contribution < 1.29 is 9.53 Å². The summed E-state index contributed by atoms with van der Waals surface area (Å²) in [5.41, 5.74) is 1.21. The fourth-order valence-corrected chi connectivity index (χ4v) is 3.37. The molecule has 0 spiro atoms. The number of rotatable bonds is 10. The Labute approximate surface area is 155 Å². The number of hydrogen-bond donors (Lipinski definition) is 1. The molecular formula is C21H27NO2S. The molecule has 1 N–H and O–H groups in total. The van der Waals surface area contributed by atoms with Crippen LogP contribution in [0.25, 0.3) is 0 Å². The molecule has 0 saturated carbocycles. The number of hydrogen-bond acceptors (Lipinski definition) is 3. The van der Waals surface area contributed by atoms with Crippen molar-refractivity contribution in [1.82, 2.24) is 5.32 Å². The van der Waals surface area contributed by atoms with Crippen molar-refractivity contribution in [3.05, 3.63) is 60.2 Å². The molecule has 4 heteroatoms. The molecule has 0 unspecified atom stereocenters. The van der Waals surface area contributed by atoms with Crippen LogP contribution in [-0.4, -0.2) is 24.3 Å². The summed E-state index contributed by atoms with van der Waals surface area (Å²) in [6.45, 7) is 5.47. The number of benzene rings is 2. The molecule has 0 saturated heterocycles. The first-order valence-electron chi connectivity index (χ1n) is 8.91. The Kier molecular flexibility index (Phi) is 8.40. The van der Waals surface area contributed by atoms with Crippen LogP contribution in [0.5, 0.6) is 5.75 Å². The minimum absolute atomic E-state index is 0.0874. The van der Waals surface area contributed by atoms with Crippen molar-refractivity contribution in [3.8, 4) is 5.75 Å². The van der Waals surface area contributed by atoms with Gasteiger partial charge in [0.05, 0.1) is 11.9 Å². The van der Waals surface area contributed by atoms with Crippen molar-refractivity contribution in [2.75, 3.05) is 13.2 Å². The van der Waals surface area contributed by atoms with Crippen LogP contribution in [0.3, 0.4) is 0 Å². The highest BCUT2D eigenvalue weighted by Crippen LogP contribution is 2.23. The molecule has 0 aliphatic carbocycles. The maximum atomic E-state index is 12.2. The van der Waals surface area contributed by atoms with Crippen molar-refractivity contribution >= 4 is 17.7 Å². The monoisotopic (exact) mass is 357 g/mol. The molecule has 2 rings (SSSR count). The molecular weight excluding hydrogens is 330 g/mol. The number of amides is 1. The normalized spacial score (nSPS) is 11.8. The third kappa shape index (κ3) is 6.83. The Hall–Kier alpha value is -1.94. The van der Waals surface area contributed by atoms with Gasteiger partial charge in [0.2, 0.25) is 5.91 Å². The van der Waals surface area contributed by atoms with Gasteiger partial charge in [-0.25, -0.2) is 0 Å². The van der Waals surface area contributed by atoms with E-state index >= 15 is 0 Å². The zero-order chi connectivity index (χ0) is 17.9. The van der Waals surface area contributed by atoms with E-state index in [0.717, 1.165) is 36.5 Å². The average molecular weight is 358 g/mol. The standard InChI is InChI=1S/C21H27NO2S/c1-3-16-24-20-14-8-7-10-18(20)11-9-15-22-21(23)17(2)25-19-12-5-4-6-13-19/h4-8,10,12-14,17H,3,9,11,15-16H2,1-2H3,(H,22,23)/t17-/m0/s1. The van der Waals surface area contributed by atoms with Gasteiger partial charge in [-0.3, -0.25) is 4.79 Å². The molecule has 0 fully saturated rings. The van der Waals surface area contributed by atoms with E-state index in [4.69, 9.17) is 4.74 Å². The molecule has 0 aliphatic rings. The van der Waals surface area contributed by atoms with Gasteiger partial charge in [0.25, 0.3) is 0 Å². The Morgan fingerprint density at radius 3 is 2.60 bits per heavy atom. The van der Waals surface area contributed by atoms with E-state index in [9.17, 15) is 4.79 Å². The van der Waals surface area contributed by atoms with Gasteiger partial charge in [-0.1, -0.05) is 43.3 Å². The topological polar surface area (TPSA) is 38.3 Å². The van der Waals surface area contributed by atoms with Crippen molar-refractivity contribution in [2.45, 2.75) is 43.3 Å². The Balaban J connectivity index is 1.73. The lowest BCUT2D eigenvalue weighted by atomic mass is 10.1. The highest BCUT2D eigenvalue weighted by molar-refractivity contribution is 8.00. The van der Waals surface area contributed by atoms with Crippen molar-refractivity contribution in [2.24, 2.45) is 0 Å². The van der Waals surface area contributed by atoms with Gasteiger partial charge in [-0.15, -0.1) is 11.8 Å². The second kappa shape index (κ2) is 10.8. The predicted octanol–water partition coefficient (Wildman–Crippen LogP) is 4.71. The zero-order valence-corrected chi connectivity index (χ0v) is 15.9. The van der Waals surface area contributed by atoms with E-state index in [1.807, 2.05) is 55.5 Å². The van der Waals surface area contributed by atoms with Crippen molar-refractivity contribution in [3.63, 3.8) is 0 Å². The quantitative estimate of drug-likeness (QED) is 0.494. The van der Waals surface area contributed by atoms with E-state index in [1.165, 1.54) is 5.56 Å². The van der Waals surface area contributed by atoms with Gasteiger partial charge in [-0.2, -0.15) is 0 Å². The molecule has 0 aliphatic heterocycles. The molecule has 0 aromatic heterocycles. The molecule has 0 radical (unpaired) electrons. The number of carbonyl (C=O) groups excluding carboxylic acids is 1. The first-order chi connectivity index (χ1) is 12.2. The summed E-state index contributed by atoms with van der Waals surface area (Å²) in [6.07, 6.45) is 2.81. The van der Waals surface area contributed by atoms with Crippen LogP contribution in [-0.2, 0) is 11.2 Å². The van der Waals surface area contributed by atoms with Crippen LogP contribution in [0.4, 0.5) is 0 Å². The summed E-state index contributed by atoms with van der Waals surface area (Å²) in [7, 11) is 0. The minimum Gasteiger partial charge on any atom is -0.493 e. The SMILES string of the molecule is CCCOc1ccccc1CCCNC(=O)[C@H](C)Sc1ccccc1. The summed E-state index contributed by atoms with van der Waals surface area (Å²) in [5.74, 6) is 1.05. The average Bonchev–Trinajstić information content (AvgIpc) is 2.65. The number of aryl methyl sites for hydroxylation is 1. The Morgan fingerprint density at radius 1 is 1.12 bits per heavy atom. The second-order valence-electron chi connectivity index (χ2n) is 5.92. The van der Waals surface area contributed by atoms with Crippen LogP contribution >= 0.6 is 11.8 Å². The molecule has 0 bridgehead atoms. The van der Waals surface area contributed by atoms with E-state index < -0.39 is 0 Å². The number of thioether (sulfide) groups is 1. The largest absolute Gasteiger partial charge is 0.493 e. The molecule has 134 valence electrons. The summed E-state index contributed by atoms with van der Waals surface area (Å²) < 4.78 is 5.78. The highest BCUT2D eigenvalue weighted by Gasteiger charge is 2.13. The Bertz CT molecular complexity index is 645. The number of carbonyl (C=O) groups is 1. The summed E-state index contributed by atoms with van der Waals surface area (Å²) in [5, 5.41) is 2.94. The third-order valence-electron chi connectivity index (χ3n) is 3.78. The molecule has 1 atom stereocenters. The van der Waals surface area contributed by atoms with Crippen LogP contribution in [0.15, 0.2) is 59.5 Å². The molecule has 2 aromatic carbocycles. The van der Waals surface area contributed by atoms with E-state index in [-0.39, 0.29) is 11.2 Å². The maximum Gasteiger partial charge on any atom is 0.233 e. The highest BCUT2D eigenvalue weighted by atomic mass is 32.2. The molecule has 25 heavy (non-hydrogen) atoms. The number of para-hydroxylation sites is 1. The van der Waals surface area contributed by atoms with Gasteiger partial charge >= 0.3 is 0 Å². The minimum atomic E-state index is -0.0948. The smallest absolute Gasteiger partial charge is 0.233 e. The van der Waals surface area contributed by atoms with E-state index in [0.29, 0.717) is 6.54 Å². The van der Waals surface area contributed by atoms with Gasteiger partial charge < -0.3 is 10.1 Å². The number of ether oxygens (including phenoxy) is 1. The predicted molar refractivity (Wildman–Crippen MR) is 105 cm³/mol. The lowest BCUT2D eigenvalue weighted by Gasteiger charge is -2.13. The fraction of sp³-hybridized carbons (Fsp3) is 0.381.